The number of carboxylic acids is 1. The summed E-state index contributed by atoms with van der Waals surface area (Å²) in [5, 5.41) is 12.7. The fraction of sp³-hybridized carbons (Fsp3) is 0.533. The number of hydrogen-bond donors (Lipinski definition) is 2. The van der Waals surface area contributed by atoms with Crippen molar-refractivity contribution in [1.29, 1.82) is 0 Å². The molecule has 0 aromatic heterocycles. The molecule has 4 rings (SSSR count). The fourth-order valence-corrected chi connectivity index (χ4v) is 3.28. The summed E-state index contributed by atoms with van der Waals surface area (Å²) in [7, 11) is 1.59. The lowest BCUT2D eigenvalue weighted by atomic mass is 9.84. The maximum atomic E-state index is 11.3. The van der Waals surface area contributed by atoms with E-state index in [1.54, 1.807) is 25.3 Å². The Hall–Kier alpha value is -1.75. The Kier molecular flexibility index (Phi) is 3.53. The molecule has 108 valence electrons. The minimum atomic E-state index is -0.906. The summed E-state index contributed by atoms with van der Waals surface area (Å²) in [6.07, 6.45) is 2.40. The van der Waals surface area contributed by atoms with E-state index in [0.717, 1.165) is 6.54 Å². The van der Waals surface area contributed by atoms with Crippen LogP contribution < -0.4 is 10.1 Å². The average Bonchev–Trinajstić information content (AvgIpc) is 2.48. The van der Waals surface area contributed by atoms with Crippen LogP contribution in [-0.4, -0.2) is 48.8 Å². The standard InChI is InChI=1S/C15H20N2O3/c1-20-11-2-3-12(15(18)19)13(8-11)16-14-9-17-6-4-10(14)5-7-17/h2-3,8,10,14,16H,4-7,9H2,1H3,(H,18,19). The highest BCUT2D eigenvalue weighted by Gasteiger charge is 2.34. The molecule has 0 radical (unpaired) electrons. The maximum Gasteiger partial charge on any atom is 0.337 e. The highest BCUT2D eigenvalue weighted by molar-refractivity contribution is 5.94. The number of fused-ring (bicyclic) bond motifs is 3. The lowest BCUT2D eigenvalue weighted by Gasteiger charge is -2.45. The number of piperidine rings is 3. The Balaban J connectivity index is 1.83. The van der Waals surface area contributed by atoms with Gasteiger partial charge in [0.05, 0.1) is 18.4 Å². The molecule has 5 heteroatoms. The van der Waals surface area contributed by atoms with Gasteiger partial charge in [-0.3, -0.25) is 0 Å². The number of hydrogen-bond acceptors (Lipinski definition) is 4. The van der Waals surface area contributed by atoms with Crippen molar-refractivity contribution in [2.45, 2.75) is 18.9 Å². The number of ether oxygens (including phenoxy) is 1. The molecule has 1 aromatic carbocycles. The first kappa shape index (κ1) is 13.2. The minimum absolute atomic E-state index is 0.308. The second-order valence-corrected chi connectivity index (χ2v) is 5.61. The summed E-state index contributed by atoms with van der Waals surface area (Å²) in [6, 6.07) is 5.40. The van der Waals surface area contributed by atoms with E-state index in [4.69, 9.17) is 4.74 Å². The molecule has 5 nitrogen and oxygen atoms in total. The number of carboxylic acid groups (broad SMARTS) is 1. The summed E-state index contributed by atoms with van der Waals surface area (Å²) in [5.41, 5.74) is 0.970. The van der Waals surface area contributed by atoms with Gasteiger partial charge in [0.15, 0.2) is 0 Å². The molecule has 3 aliphatic heterocycles. The van der Waals surface area contributed by atoms with Gasteiger partial charge in [-0.25, -0.2) is 4.79 Å². The van der Waals surface area contributed by atoms with Crippen molar-refractivity contribution in [1.82, 2.24) is 4.90 Å². The van der Waals surface area contributed by atoms with Crippen LogP contribution in [-0.2, 0) is 0 Å². The fourth-order valence-electron chi connectivity index (χ4n) is 3.28. The normalized spacial score (nSPS) is 28.1. The first-order valence-electron chi connectivity index (χ1n) is 7.07. The number of carbonyl (C=O) groups is 1. The van der Waals surface area contributed by atoms with Crippen molar-refractivity contribution in [3.05, 3.63) is 23.8 Å². The number of nitrogens with one attached hydrogen (secondary N) is 1. The molecule has 0 spiro atoms. The van der Waals surface area contributed by atoms with Crippen LogP contribution >= 0.6 is 0 Å². The van der Waals surface area contributed by atoms with Gasteiger partial charge in [-0.2, -0.15) is 0 Å². The van der Waals surface area contributed by atoms with Crippen molar-refractivity contribution in [2.24, 2.45) is 5.92 Å². The largest absolute Gasteiger partial charge is 0.497 e. The Bertz CT molecular complexity index is 510. The molecule has 3 heterocycles. The van der Waals surface area contributed by atoms with E-state index in [-0.39, 0.29) is 0 Å². The lowest BCUT2D eigenvalue weighted by molar-refractivity contribution is 0.0697. The molecular weight excluding hydrogens is 256 g/mol. The first-order valence-corrected chi connectivity index (χ1v) is 7.07. The minimum Gasteiger partial charge on any atom is -0.497 e. The summed E-state index contributed by atoms with van der Waals surface area (Å²) in [5.74, 6) is 0.419. The summed E-state index contributed by atoms with van der Waals surface area (Å²) in [6.45, 7) is 3.35. The van der Waals surface area contributed by atoms with Crippen LogP contribution in [0.1, 0.15) is 23.2 Å². The van der Waals surface area contributed by atoms with Crippen LogP contribution in [0.25, 0.3) is 0 Å². The van der Waals surface area contributed by atoms with Crippen LogP contribution in [0.3, 0.4) is 0 Å². The molecule has 2 bridgehead atoms. The van der Waals surface area contributed by atoms with Gasteiger partial charge in [0, 0.05) is 18.7 Å². The Morgan fingerprint density at radius 2 is 2.15 bits per heavy atom. The van der Waals surface area contributed by atoms with Crippen molar-refractivity contribution in [3.8, 4) is 5.75 Å². The zero-order chi connectivity index (χ0) is 14.1. The zero-order valence-electron chi connectivity index (χ0n) is 11.6. The average molecular weight is 276 g/mol. The quantitative estimate of drug-likeness (QED) is 0.879. The number of anilines is 1. The van der Waals surface area contributed by atoms with Gasteiger partial charge >= 0.3 is 5.97 Å². The molecular formula is C15H20N2O3. The number of nitrogens with zero attached hydrogens (tertiary/aromatic N) is 1. The molecule has 1 unspecified atom stereocenters. The lowest BCUT2D eigenvalue weighted by Crippen LogP contribution is -2.53. The molecule has 3 saturated heterocycles. The number of rotatable bonds is 4. The summed E-state index contributed by atoms with van der Waals surface area (Å²) in [4.78, 5) is 13.8. The molecule has 2 N–H and O–H groups in total. The highest BCUT2D eigenvalue weighted by Crippen LogP contribution is 2.31. The Labute approximate surface area is 118 Å². The van der Waals surface area contributed by atoms with Gasteiger partial charge in [-0.1, -0.05) is 0 Å². The van der Waals surface area contributed by atoms with E-state index >= 15 is 0 Å². The molecule has 0 saturated carbocycles. The van der Waals surface area contributed by atoms with Gasteiger partial charge in [-0.15, -0.1) is 0 Å². The number of aromatic carboxylic acids is 1. The van der Waals surface area contributed by atoms with Gasteiger partial charge < -0.3 is 20.1 Å². The molecule has 0 amide bonds. The van der Waals surface area contributed by atoms with E-state index in [2.05, 4.69) is 10.2 Å². The highest BCUT2D eigenvalue weighted by atomic mass is 16.5. The zero-order valence-corrected chi connectivity index (χ0v) is 11.6. The van der Waals surface area contributed by atoms with E-state index in [1.165, 1.54) is 25.9 Å². The van der Waals surface area contributed by atoms with Crippen molar-refractivity contribution in [3.63, 3.8) is 0 Å². The van der Waals surface area contributed by atoms with Gasteiger partial charge in [-0.05, 0) is 44.0 Å². The van der Waals surface area contributed by atoms with Gasteiger partial charge in [0.2, 0.25) is 0 Å². The molecule has 1 atom stereocenters. The third-order valence-corrected chi connectivity index (χ3v) is 4.45. The van der Waals surface area contributed by atoms with Gasteiger partial charge in [0.1, 0.15) is 5.75 Å². The Morgan fingerprint density at radius 1 is 1.40 bits per heavy atom. The van der Waals surface area contributed by atoms with Crippen molar-refractivity contribution in [2.75, 3.05) is 32.1 Å². The van der Waals surface area contributed by atoms with Crippen LogP contribution in [0.15, 0.2) is 18.2 Å². The molecule has 0 aliphatic carbocycles. The molecule has 20 heavy (non-hydrogen) atoms. The predicted octanol–water partition coefficient (Wildman–Crippen LogP) is 1.90. The number of benzene rings is 1. The van der Waals surface area contributed by atoms with Crippen molar-refractivity contribution < 1.29 is 14.6 Å². The summed E-state index contributed by atoms with van der Waals surface area (Å²) >= 11 is 0. The van der Waals surface area contributed by atoms with Crippen LogP contribution in [0.5, 0.6) is 5.75 Å². The van der Waals surface area contributed by atoms with Crippen LogP contribution in [0.4, 0.5) is 5.69 Å². The third kappa shape index (κ3) is 2.45. The second-order valence-electron chi connectivity index (χ2n) is 5.61. The third-order valence-electron chi connectivity index (χ3n) is 4.45. The van der Waals surface area contributed by atoms with Crippen LogP contribution in [0, 0.1) is 5.92 Å². The first-order chi connectivity index (χ1) is 9.67. The monoisotopic (exact) mass is 276 g/mol. The summed E-state index contributed by atoms with van der Waals surface area (Å²) < 4.78 is 5.20. The maximum absolute atomic E-state index is 11.3. The van der Waals surface area contributed by atoms with Gasteiger partial charge in [0.25, 0.3) is 0 Å². The number of methoxy groups -OCH3 is 1. The second kappa shape index (κ2) is 5.32. The Morgan fingerprint density at radius 3 is 2.70 bits per heavy atom. The molecule has 3 aliphatic rings. The van der Waals surface area contributed by atoms with E-state index in [1.807, 2.05) is 0 Å². The SMILES string of the molecule is COc1ccc(C(=O)O)c(NC2CN3CCC2CC3)c1. The topological polar surface area (TPSA) is 61.8 Å². The van der Waals surface area contributed by atoms with E-state index in [0.29, 0.717) is 29.0 Å². The predicted molar refractivity (Wildman–Crippen MR) is 76.5 cm³/mol. The molecule has 3 fully saturated rings. The van der Waals surface area contributed by atoms with E-state index < -0.39 is 5.97 Å². The molecule has 1 aromatic rings. The smallest absolute Gasteiger partial charge is 0.337 e. The van der Waals surface area contributed by atoms with Crippen molar-refractivity contribution >= 4 is 11.7 Å². The van der Waals surface area contributed by atoms with Crippen LogP contribution in [0.2, 0.25) is 0 Å². The van der Waals surface area contributed by atoms with E-state index in [9.17, 15) is 9.90 Å².